The van der Waals surface area contributed by atoms with Crippen LogP contribution in [0.15, 0.2) is 12.3 Å². The Morgan fingerprint density at radius 1 is 1.53 bits per heavy atom. The van der Waals surface area contributed by atoms with Crippen molar-refractivity contribution >= 4 is 23.3 Å². The number of nitrogens with one attached hydrogen (secondary N) is 1. The van der Waals surface area contributed by atoms with Crippen LogP contribution in [0.5, 0.6) is 0 Å². The maximum Gasteiger partial charge on any atom is 0.255 e. The third-order valence-corrected chi connectivity index (χ3v) is 3.13. The van der Waals surface area contributed by atoms with Crippen LogP contribution in [0.25, 0.3) is 0 Å². The number of pyridine rings is 1. The van der Waals surface area contributed by atoms with Crippen molar-refractivity contribution in [3.63, 3.8) is 0 Å². The van der Waals surface area contributed by atoms with Crippen LogP contribution in [-0.2, 0) is 0 Å². The van der Waals surface area contributed by atoms with E-state index in [0.29, 0.717) is 22.3 Å². The van der Waals surface area contributed by atoms with Crippen molar-refractivity contribution in [3.05, 3.63) is 22.8 Å². The standard InChI is InChI=1S/C14H22ClN3O/c1-5-16-13-8-11(12(15)9-17-13)14(19)18(4)7-6-10(2)3/h8-10H,5-7H2,1-4H3,(H,16,17). The van der Waals surface area contributed by atoms with Crippen LogP contribution in [0.3, 0.4) is 0 Å². The monoisotopic (exact) mass is 283 g/mol. The van der Waals surface area contributed by atoms with E-state index in [2.05, 4.69) is 24.1 Å². The molecule has 0 bridgehead atoms. The normalized spacial score (nSPS) is 10.6. The molecule has 0 spiro atoms. The molecule has 1 rings (SSSR count). The van der Waals surface area contributed by atoms with Crippen LogP contribution < -0.4 is 5.32 Å². The van der Waals surface area contributed by atoms with Crippen LogP contribution in [0.4, 0.5) is 5.82 Å². The average molecular weight is 284 g/mol. The van der Waals surface area contributed by atoms with Crippen LogP contribution in [0.1, 0.15) is 37.6 Å². The lowest BCUT2D eigenvalue weighted by Gasteiger charge is -2.19. The highest BCUT2D eigenvalue weighted by Crippen LogP contribution is 2.19. The summed E-state index contributed by atoms with van der Waals surface area (Å²) in [6.07, 6.45) is 2.49. The van der Waals surface area contributed by atoms with Gasteiger partial charge in [-0.05, 0) is 25.3 Å². The summed E-state index contributed by atoms with van der Waals surface area (Å²) in [6, 6.07) is 1.71. The molecule has 0 aliphatic heterocycles. The number of hydrogen-bond donors (Lipinski definition) is 1. The molecule has 1 N–H and O–H groups in total. The molecule has 0 atom stereocenters. The number of halogens is 1. The Morgan fingerprint density at radius 3 is 2.79 bits per heavy atom. The highest BCUT2D eigenvalue weighted by atomic mass is 35.5. The van der Waals surface area contributed by atoms with Gasteiger partial charge in [-0.2, -0.15) is 0 Å². The Kier molecular flexibility index (Phi) is 6.09. The average Bonchev–Trinajstić information content (AvgIpc) is 2.37. The van der Waals surface area contributed by atoms with Crippen LogP contribution in [0, 0.1) is 5.92 Å². The number of anilines is 1. The number of aromatic nitrogens is 1. The largest absolute Gasteiger partial charge is 0.370 e. The molecule has 1 amide bonds. The SMILES string of the molecule is CCNc1cc(C(=O)N(C)CCC(C)C)c(Cl)cn1. The lowest BCUT2D eigenvalue weighted by Crippen LogP contribution is -2.28. The van der Waals surface area contributed by atoms with Gasteiger partial charge in [0.2, 0.25) is 0 Å². The molecule has 1 aromatic heterocycles. The fourth-order valence-corrected chi connectivity index (χ4v) is 1.82. The molecule has 0 aliphatic carbocycles. The van der Waals surface area contributed by atoms with E-state index < -0.39 is 0 Å². The lowest BCUT2D eigenvalue weighted by molar-refractivity contribution is 0.0789. The zero-order chi connectivity index (χ0) is 14.4. The number of carbonyl (C=O) groups excluding carboxylic acids is 1. The van der Waals surface area contributed by atoms with Gasteiger partial charge in [-0.15, -0.1) is 0 Å². The third kappa shape index (κ3) is 4.71. The molecule has 0 radical (unpaired) electrons. The van der Waals surface area contributed by atoms with Gasteiger partial charge in [0.25, 0.3) is 5.91 Å². The molecule has 4 nitrogen and oxygen atoms in total. The summed E-state index contributed by atoms with van der Waals surface area (Å²) in [5.74, 6) is 1.18. The van der Waals surface area contributed by atoms with Crippen LogP contribution >= 0.6 is 11.6 Å². The number of amides is 1. The van der Waals surface area contributed by atoms with Gasteiger partial charge in [-0.1, -0.05) is 25.4 Å². The maximum atomic E-state index is 12.3. The molecule has 1 heterocycles. The fraction of sp³-hybridized carbons (Fsp3) is 0.571. The summed E-state index contributed by atoms with van der Waals surface area (Å²) < 4.78 is 0. The molecule has 0 unspecified atom stereocenters. The number of carbonyl (C=O) groups is 1. The van der Waals surface area contributed by atoms with E-state index >= 15 is 0 Å². The van der Waals surface area contributed by atoms with Gasteiger partial charge in [0.15, 0.2) is 0 Å². The molecular weight excluding hydrogens is 262 g/mol. The van der Waals surface area contributed by atoms with E-state index in [1.807, 2.05) is 6.92 Å². The summed E-state index contributed by atoms with van der Waals surface area (Å²) in [4.78, 5) is 18.2. The summed E-state index contributed by atoms with van der Waals surface area (Å²) in [6.45, 7) is 7.74. The van der Waals surface area contributed by atoms with E-state index in [-0.39, 0.29) is 5.91 Å². The van der Waals surface area contributed by atoms with E-state index in [0.717, 1.165) is 19.5 Å². The van der Waals surface area contributed by atoms with Gasteiger partial charge < -0.3 is 10.2 Å². The first kappa shape index (κ1) is 15.8. The van der Waals surface area contributed by atoms with Gasteiger partial charge >= 0.3 is 0 Å². The van der Waals surface area contributed by atoms with E-state index in [1.54, 1.807) is 18.0 Å². The molecular formula is C14H22ClN3O. The van der Waals surface area contributed by atoms with Gasteiger partial charge in [0.1, 0.15) is 5.82 Å². The topological polar surface area (TPSA) is 45.2 Å². The second-order valence-corrected chi connectivity index (χ2v) is 5.40. The molecule has 19 heavy (non-hydrogen) atoms. The van der Waals surface area contributed by atoms with Gasteiger partial charge in [-0.25, -0.2) is 4.98 Å². The van der Waals surface area contributed by atoms with Crippen molar-refractivity contribution in [3.8, 4) is 0 Å². The summed E-state index contributed by atoms with van der Waals surface area (Å²) in [7, 11) is 1.80. The second kappa shape index (κ2) is 7.34. The Balaban J connectivity index is 2.82. The van der Waals surface area contributed by atoms with Crippen molar-refractivity contribution in [2.45, 2.75) is 27.2 Å². The quantitative estimate of drug-likeness (QED) is 0.871. The van der Waals surface area contributed by atoms with E-state index in [9.17, 15) is 4.79 Å². The first-order valence-electron chi connectivity index (χ1n) is 6.60. The highest BCUT2D eigenvalue weighted by Gasteiger charge is 2.16. The minimum absolute atomic E-state index is 0.0628. The number of hydrogen-bond acceptors (Lipinski definition) is 3. The molecule has 5 heteroatoms. The van der Waals surface area contributed by atoms with Gasteiger partial charge in [0, 0.05) is 26.3 Å². The lowest BCUT2D eigenvalue weighted by atomic mass is 10.1. The van der Waals surface area contributed by atoms with Gasteiger partial charge in [-0.3, -0.25) is 4.79 Å². The van der Waals surface area contributed by atoms with Crippen LogP contribution in [0.2, 0.25) is 5.02 Å². The summed E-state index contributed by atoms with van der Waals surface area (Å²) in [5, 5.41) is 3.47. The Morgan fingerprint density at radius 2 is 2.21 bits per heavy atom. The Labute approximate surface area is 120 Å². The second-order valence-electron chi connectivity index (χ2n) is 4.99. The van der Waals surface area contributed by atoms with Crippen molar-refractivity contribution < 1.29 is 4.79 Å². The predicted octanol–water partition coefficient (Wildman–Crippen LogP) is 3.28. The van der Waals surface area contributed by atoms with Crippen molar-refractivity contribution in [2.24, 2.45) is 5.92 Å². The first-order chi connectivity index (χ1) is 8.95. The van der Waals surface area contributed by atoms with Crippen LogP contribution in [-0.4, -0.2) is 35.9 Å². The fourth-order valence-electron chi connectivity index (χ4n) is 1.64. The smallest absolute Gasteiger partial charge is 0.255 e. The van der Waals surface area contributed by atoms with E-state index in [4.69, 9.17) is 11.6 Å². The zero-order valence-electron chi connectivity index (χ0n) is 12.0. The minimum Gasteiger partial charge on any atom is -0.370 e. The summed E-state index contributed by atoms with van der Waals surface area (Å²) >= 11 is 6.06. The predicted molar refractivity (Wildman–Crippen MR) is 79.8 cm³/mol. The third-order valence-electron chi connectivity index (χ3n) is 2.83. The molecule has 106 valence electrons. The molecule has 0 aliphatic rings. The maximum absolute atomic E-state index is 12.3. The highest BCUT2D eigenvalue weighted by molar-refractivity contribution is 6.33. The number of rotatable bonds is 6. The Bertz CT molecular complexity index is 435. The summed E-state index contributed by atoms with van der Waals surface area (Å²) in [5.41, 5.74) is 0.499. The van der Waals surface area contributed by atoms with Crippen molar-refractivity contribution in [2.75, 3.05) is 25.5 Å². The molecule has 0 saturated heterocycles. The molecule has 0 fully saturated rings. The zero-order valence-corrected chi connectivity index (χ0v) is 12.8. The molecule has 1 aromatic rings. The number of nitrogens with zero attached hydrogens (tertiary/aromatic N) is 2. The van der Waals surface area contributed by atoms with E-state index in [1.165, 1.54) is 6.20 Å². The first-order valence-corrected chi connectivity index (χ1v) is 6.98. The Hall–Kier alpha value is -1.29. The van der Waals surface area contributed by atoms with Crippen molar-refractivity contribution in [1.29, 1.82) is 0 Å². The van der Waals surface area contributed by atoms with Crippen molar-refractivity contribution in [1.82, 2.24) is 9.88 Å². The molecule has 0 saturated carbocycles. The van der Waals surface area contributed by atoms with Gasteiger partial charge in [0.05, 0.1) is 10.6 Å². The molecule has 0 aromatic carbocycles. The minimum atomic E-state index is -0.0628.